The van der Waals surface area contributed by atoms with Gasteiger partial charge in [-0.1, -0.05) is 30.3 Å². The first kappa shape index (κ1) is 25.6. The van der Waals surface area contributed by atoms with E-state index in [1.54, 1.807) is 19.2 Å². The zero-order valence-electron chi connectivity index (χ0n) is 21.4. The van der Waals surface area contributed by atoms with Crippen molar-refractivity contribution in [1.29, 1.82) is 0 Å². The second-order valence-corrected chi connectivity index (χ2v) is 8.91. The lowest BCUT2D eigenvalue weighted by atomic mass is 10.1. The topological polar surface area (TPSA) is 103 Å². The molecule has 9 nitrogen and oxygen atoms in total. The van der Waals surface area contributed by atoms with Crippen molar-refractivity contribution < 1.29 is 28.3 Å². The summed E-state index contributed by atoms with van der Waals surface area (Å²) in [4.78, 5) is 39.1. The van der Waals surface area contributed by atoms with Gasteiger partial charge in [0.05, 0.1) is 26.5 Å². The number of urea groups is 1. The van der Waals surface area contributed by atoms with Crippen LogP contribution in [0.4, 0.5) is 4.79 Å². The fraction of sp³-hybridized carbons (Fsp3) is 0.167. The van der Waals surface area contributed by atoms with Crippen molar-refractivity contribution >= 4 is 34.8 Å². The molecule has 1 fully saturated rings. The largest absolute Gasteiger partial charge is 0.493 e. The average Bonchev–Trinajstić information content (AvgIpc) is 3.58. The number of carbonyl (C=O) groups excluding carboxylic acids is 3. The van der Waals surface area contributed by atoms with Crippen LogP contribution in [0, 0.1) is 0 Å². The second-order valence-electron chi connectivity index (χ2n) is 8.91. The van der Waals surface area contributed by atoms with E-state index in [1.165, 1.54) is 12.3 Å². The predicted octanol–water partition coefficient (Wildman–Crippen LogP) is 4.71. The molecule has 0 aliphatic carbocycles. The number of nitrogens with one attached hydrogen (secondary N) is 1. The molecule has 9 heteroatoms. The van der Waals surface area contributed by atoms with Crippen LogP contribution in [0.1, 0.15) is 16.9 Å². The van der Waals surface area contributed by atoms with Gasteiger partial charge in [-0.05, 0) is 48.4 Å². The summed E-state index contributed by atoms with van der Waals surface area (Å²) >= 11 is 0. The van der Waals surface area contributed by atoms with Crippen LogP contribution in [0.15, 0.2) is 89.7 Å². The molecule has 1 aliphatic rings. The maximum absolute atomic E-state index is 13.2. The molecule has 39 heavy (non-hydrogen) atoms. The number of nitrogens with zero attached hydrogens (tertiary/aromatic N) is 2. The normalized spacial score (nSPS) is 14.6. The monoisotopic (exact) mass is 525 g/mol. The number of hydrogen-bond acceptors (Lipinski definition) is 6. The van der Waals surface area contributed by atoms with Gasteiger partial charge in [-0.15, -0.1) is 6.58 Å². The van der Waals surface area contributed by atoms with Gasteiger partial charge in [-0.25, -0.2) is 4.79 Å². The number of aromatic nitrogens is 1. The maximum Gasteiger partial charge on any atom is 0.331 e. The van der Waals surface area contributed by atoms with Crippen molar-refractivity contribution in [2.45, 2.75) is 19.5 Å². The van der Waals surface area contributed by atoms with E-state index in [1.807, 2.05) is 59.3 Å². The lowest BCUT2D eigenvalue weighted by molar-refractivity contribution is -0.130. The number of imide groups is 2. The minimum absolute atomic E-state index is 0.0839. The molecule has 3 heterocycles. The zero-order valence-corrected chi connectivity index (χ0v) is 21.4. The first-order valence-electron chi connectivity index (χ1n) is 12.4. The van der Waals surface area contributed by atoms with Crippen LogP contribution in [0.5, 0.6) is 11.5 Å². The molecule has 1 N–H and O–H groups in total. The average molecular weight is 526 g/mol. The number of amides is 4. The summed E-state index contributed by atoms with van der Waals surface area (Å²) in [5, 5.41) is 3.10. The lowest BCUT2D eigenvalue weighted by Gasteiger charge is -2.25. The molecule has 1 saturated heterocycles. The fourth-order valence-electron chi connectivity index (χ4n) is 4.51. The second kappa shape index (κ2) is 11.1. The number of ether oxygens (including phenoxy) is 2. The smallest absolute Gasteiger partial charge is 0.331 e. The van der Waals surface area contributed by atoms with E-state index in [-0.39, 0.29) is 12.1 Å². The number of hydrogen-bond donors (Lipinski definition) is 1. The summed E-state index contributed by atoms with van der Waals surface area (Å²) in [6.45, 7) is 4.55. The fourth-order valence-corrected chi connectivity index (χ4v) is 4.51. The first-order chi connectivity index (χ1) is 19.0. The van der Waals surface area contributed by atoms with E-state index >= 15 is 0 Å². The van der Waals surface area contributed by atoms with Gasteiger partial charge in [-0.3, -0.25) is 19.8 Å². The summed E-state index contributed by atoms with van der Waals surface area (Å²) in [6, 6.07) is 16.0. The van der Waals surface area contributed by atoms with Gasteiger partial charge in [0.25, 0.3) is 11.8 Å². The van der Waals surface area contributed by atoms with Crippen LogP contribution in [0.25, 0.3) is 17.0 Å². The van der Waals surface area contributed by atoms with E-state index in [4.69, 9.17) is 13.9 Å². The number of para-hydroxylation sites is 1. The number of fused-ring (bicyclic) bond motifs is 1. The van der Waals surface area contributed by atoms with Crippen molar-refractivity contribution in [3.8, 4) is 11.5 Å². The Morgan fingerprint density at radius 2 is 1.90 bits per heavy atom. The van der Waals surface area contributed by atoms with Crippen LogP contribution < -0.4 is 14.8 Å². The van der Waals surface area contributed by atoms with Crippen molar-refractivity contribution in [2.75, 3.05) is 13.7 Å². The Kier molecular flexibility index (Phi) is 7.31. The summed E-state index contributed by atoms with van der Waals surface area (Å²) in [7, 11) is 1.60. The molecular formula is C30H27N3O6. The minimum Gasteiger partial charge on any atom is -0.493 e. The molecule has 1 aliphatic heterocycles. The van der Waals surface area contributed by atoms with Crippen LogP contribution in [-0.2, 0) is 29.1 Å². The highest BCUT2D eigenvalue weighted by Gasteiger charge is 2.36. The van der Waals surface area contributed by atoms with Gasteiger partial charge >= 0.3 is 6.03 Å². The molecule has 0 radical (unpaired) electrons. The number of furan rings is 1. The highest BCUT2D eigenvalue weighted by Crippen LogP contribution is 2.29. The lowest BCUT2D eigenvalue weighted by Crippen LogP contribution is -2.53. The van der Waals surface area contributed by atoms with Gasteiger partial charge in [0.2, 0.25) is 0 Å². The Morgan fingerprint density at radius 3 is 2.67 bits per heavy atom. The van der Waals surface area contributed by atoms with Gasteiger partial charge in [0, 0.05) is 22.7 Å². The molecule has 4 aromatic rings. The van der Waals surface area contributed by atoms with Crippen LogP contribution in [0.3, 0.4) is 0 Å². The highest BCUT2D eigenvalue weighted by molar-refractivity contribution is 6.31. The number of methoxy groups -OCH3 is 1. The van der Waals surface area contributed by atoms with Crippen LogP contribution >= 0.6 is 0 Å². The van der Waals surface area contributed by atoms with Gasteiger partial charge in [0.15, 0.2) is 11.5 Å². The third kappa shape index (κ3) is 5.33. The Balaban J connectivity index is 1.38. The maximum atomic E-state index is 13.2. The molecule has 0 saturated carbocycles. The SMILES string of the molecule is C=CCc1ccc(OCCn2cc(/C=C3/C(=O)NC(=O)N(Cc4ccco4)C3=O)c3ccccc32)c(OC)c1. The van der Waals surface area contributed by atoms with Gasteiger partial charge < -0.3 is 18.5 Å². The Hall–Kier alpha value is -5.05. The van der Waals surface area contributed by atoms with Crippen molar-refractivity contribution in [3.05, 3.63) is 102 Å². The Labute approximate surface area is 224 Å². The molecule has 0 unspecified atom stereocenters. The molecule has 198 valence electrons. The molecule has 5 rings (SSSR count). The molecule has 2 aromatic carbocycles. The minimum atomic E-state index is -0.786. The number of benzene rings is 2. The van der Waals surface area contributed by atoms with Crippen LogP contribution in [-0.4, -0.2) is 41.0 Å². The third-order valence-electron chi connectivity index (χ3n) is 6.40. The molecule has 2 aromatic heterocycles. The van der Waals surface area contributed by atoms with Crippen molar-refractivity contribution in [2.24, 2.45) is 0 Å². The number of carbonyl (C=O) groups is 3. The van der Waals surface area contributed by atoms with E-state index in [0.29, 0.717) is 36.0 Å². The third-order valence-corrected chi connectivity index (χ3v) is 6.40. The molecule has 4 amide bonds. The van der Waals surface area contributed by atoms with E-state index < -0.39 is 17.8 Å². The van der Waals surface area contributed by atoms with E-state index in [0.717, 1.165) is 27.8 Å². The zero-order chi connectivity index (χ0) is 27.4. The summed E-state index contributed by atoms with van der Waals surface area (Å²) < 4.78 is 18.8. The standard InChI is InChI=1S/C30H27N3O6/c1-3-7-20-11-12-26(27(16-20)37-2)39-15-13-32-18-21(23-9-4-5-10-25(23)32)17-24-28(34)31-30(36)33(29(24)35)19-22-8-6-14-38-22/h3-6,8-12,14,16-18H,1,7,13,15,19H2,2H3,(H,31,34,36)/b24-17-. The quantitative estimate of drug-likeness (QED) is 0.183. The van der Waals surface area contributed by atoms with Gasteiger partial charge in [-0.2, -0.15) is 0 Å². The molecule has 0 bridgehead atoms. The highest BCUT2D eigenvalue weighted by atomic mass is 16.5. The number of rotatable bonds is 10. The molecule has 0 atom stereocenters. The first-order valence-corrected chi connectivity index (χ1v) is 12.4. The van der Waals surface area contributed by atoms with Crippen LogP contribution in [0.2, 0.25) is 0 Å². The van der Waals surface area contributed by atoms with E-state index in [9.17, 15) is 14.4 Å². The van der Waals surface area contributed by atoms with Crippen molar-refractivity contribution in [1.82, 2.24) is 14.8 Å². The Bertz CT molecular complexity index is 1580. The molecule has 0 spiro atoms. The van der Waals surface area contributed by atoms with Gasteiger partial charge in [0.1, 0.15) is 17.9 Å². The van der Waals surface area contributed by atoms with E-state index in [2.05, 4.69) is 11.9 Å². The summed E-state index contributed by atoms with van der Waals surface area (Å²) in [5.41, 5.74) is 2.52. The number of allylic oxidation sites excluding steroid dienone is 1. The molecular weight excluding hydrogens is 498 g/mol. The Morgan fingerprint density at radius 1 is 1.05 bits per heavy atom. The summed E-state index contributed by atoms with van der Waals surface area (Å²) in [5.74, 6) is 0.276. The predicted molar refractivity (Wildman–Crippen MR) is 145 cm³/mol. The number of barbiturate groups is 1. The van der Waals surface area contributed by atoms with Crippen molar-refractivity contribution in [3.63, 3.8) is 0 Å². The summed E-state index contributed by atoms with van der Waals surface area (Å²) in [6.07, 6.45) is 7.40.